The first kappa shape index (κ1) is 15.0. The van der Waals surface area contributed by atoms with E-state index >= 15 is 0 Å². The van der Waals surface area contributed by atoms with E-state index in [-0.39, 0.29) is 24.2 Å². The van der Waals surface area contributed by atoms with Crippen molar-refractivity contribution in [1.82, 2.24) is 4.98 Å². The van der Waals surface area contributed by atoms with Crippen LogP contribution in [0.3, 0.4) is 0 Å². The summed E-state index contributed by atoms with van der Waals surface area (Å²) in [5.74, 6) is -2.55. The van der Waals surface area contributed by atoms with Gasteiger partial charge < -0.3 is 20.3 Å². The summed E-state index contributed by atoms with van der Waals surface area (Å²) in [6.07, 6.45) is -5.38. The number of esters is 1. The summed E-state index contributed by atoms with van der Waals surface area (Å²) in [5, 5.41) is 9.48. The van der Waals surface area contributed by atoms with E-state index in [4.69, 9.17) is 5.73 Å². The van der Waals surface area contributed by atoms with Crippen molar-refractivity contribution in [1.29, 1.82) is 0 Å². The van der Waals surface area contributed by atoms with Crippen molar-refractivity contribution in [2.45, 2.75) is 19.3 Å². The Morgan fingerprint density at radius 2 is 2.16 bits per heavy atom. The number of nitrogens with zero attached hydrogens (tertiary/aromatic N) is 1. The molecule has 1 aromatic heterocycles. The van der Waals surface area contributed by atoms with Gasteiger partial charge in [0.1, 0.15) is 0 Å². The van der Waals surface area contributed by atoms with Gasteiger partial charge in [-0.05, 0) is 6.07 Å². The van der Waals surface area contributed by atoms with E-state index in [0.717, 1.165) is 7.11 Å². The minimum absolute atomic E-state index is 0.0202. The summed E-state index contributed by atoms with van der Waals surface area (Å²) in [6.45, 7) is -0.239. The van der Waals surface area contributed by atoms with E-state index in [1.165, 1.54) is 6.07 Å². The molecule has 0 spiro atoms. The Bertz CT molecular complexity index is 477. The number of hydrogen-bond acceptors (Lipinski definition) is 6. The van der Waals surface area contributed by atoms with Crippen LogP contribution in [0.25, 0.3) is 0 Å². The zero-order valence-electron chi connectivity index (χ0n) is 9.82. The molecule has 0 aliphatic heterocycles. The van der Waals surface area contributed by atoms with Crippen molar-refractivity contribution in [3.63, 3.8) is 0 Å². The van der Waals surface area contributed by atoms with E-state index in [9.17, 15) is 23.1 Å². The lowest BCUT2D eigenvalue weighted by Gasteiger charge is -2.13. The van der Waals surface area contributed by atoms with Crippen LogP contribution in [-0.4, -0.2) is 29.5 Å². The SMILES string of the molecule is COC(=O)Cc1cc(CN)c(O)c(OC(F)(F)F)n1. The van der Waals surface area contributed by atoms with Gasteiger partial charge in [-0.1, -0.05) is 0 Å². The van der Waals surface area contributed by atoms with Crippen LogP contribution in [0.4, 0.5) is 13.2 Å². The first-order valence-corrected chi connectivity index (χ1v) is 5.01. The zero-order valence-corrected chi connectivity index (χ0v) is 9.82. The van der Waals surface area contributed by atoms with Gasteiger partial charge in [0.15, 0.2) is 5.75 Å². The third-order valence-corrected chi connectivity index (χ3v) is 2.08. The molecule has 19 heavy (non-hydrogen) atoms. The quantitative estimate of drug-likeness (QED) is 0.794. The summed E-state index contributed by atoms with van der Waals surface area (Å²) >= 11 is 0. The molecular weight excluding hydrogens is 269 g/mol. The van der Waals surface area contributed by atoms with Crippen LogP contribution in [0.1, 0.15) is 11.3 Å². The van der Waals surface area contributed by atoms with Crippen molar-refractivity contribution in [3.8, 4) is 11.6 Å². The van der Waals surface area contributed by atoms with Crippen molar-refractivity contribution >= 4 is 5.97 Å². The number of rotatable bonds is 4. The summed E-state index contributed by atoms with van der Waals surface area (Å²) in [4.78, 5) is 14.4. The number of halogens is 3. The van der Waals surface area contributed by atoms with Gasteiger partial charge >= 0.3 is 12.3 Å². The average Bonchev–Trinajstić information content (AvgIpc) is 2.31. The van der Waals surface area contributed by atoms with Gasteiger partial charge in [-0.15, -0.1) is 13.2 Å². The fraction of sp³-hybridized carbons (Fsp3) is 0.400. The van der Waals surface area contributed by atoms with Crippen LogP contribution in [0.5, 0.6) is 11.6 Å². The first-order chi connectivity index (χ1) is 8.76. The van der Waals surface area contributed by atoms with E-state index < -0.39 is 24.0 Å². The molecule has 0 aromatic carbocycles. The minimum atomic E-state index is -5.01. The smallest absolute Gasteiger partial charge is 0.503 e. The molecule has 0 radical (unpaired) electrons. The highest BCUT2D eigenvalue weighted by Crippen LogP contribution is 2.32. The summed E-state index contributed by atoms with van der Waals surface area (Å²) in [6, 6.07) is 1.20. The predicted octanol–water partition coefficient (Wildman–Crippen LogP) is 0.860. The summed E-state index contributed by atoms with van der Waals surface area (Å²) in [5.41, 5.74) is 5.20. The predicted molar refractivity (Wildman–Crippen MR) is 56.2 cm³/mol. The van der Waals surface area contributed by atoms with Crippen LogP contribution in [0.15, 0.2) is 6.07 Å². The number of ether oxygens (including phenoxy) is 2. The van der Waals surface area contributed by atoms with Crippen LogP contribution >= 0.6 is 0 Å². The Kier molecular flexibility index (Phi) is 4.54. The van der Waals surface area contributed by atoms with E-state index in [1.807, 2.05) is 0 Å². The molecule has 9 heteroatoms. The largest absolute Gasteiger partial charge is 0.574 e. The van der Waals surface area contributed by atoms with E-state index in [2.05, 4.69) is 14.5 Å². The number of methoxy groups -OCH3 is 1. The number of alkyl halides is 3. The third-order valence-electron chi connectivity index (χ3n) is 2.08. The summed E-state index contributed by atoms with van der Waals surface area (Å²) < 4.78 is 44.3. The Labute approximate surface area is 105 Å². The number of carbonyl (C=O) groups is 1. The maximum absolute atomic E-state index is 12.1. The molecule has 0 aliphatic carbocycles. The average molecular weight is 280 g/mol. The first-order valence-electron chi connectivity index (χ1n) is 5.01. The number of carbonyl (C=O) groups excluding carboxylic acids is 1. The molecule has 0 saturated heterocycles. The van der Waals surface area contributed by atoms with Crippen molar-refractivity contribution in [3.05, 3.63) is 17.3 Å². The highest BCUT2D eigenvalue weighted by atomic mass is 19.4. The molecule has 1 rings (SSSR count). The number of nitrogens with two attached hydrogens (primary N) is 1. The lowest BCUT2D eigenvalue weighted by atomic mass is 10.1. The minimum Gasteiger partial charge on any atom is -0.503 e. The van der Waals surface area contributed by atoms with Crippen molar-refractivity contribution in [2.24, 2.45) is 5.73 Å². The number of aromatic nitrogens is 1. The number of hydrogen-bond donors (Lipinski definition) is 2. The molecule has 106 valence electrons. The molecule has 0 amide bonds. The molecule has 0 unspecified atom stereocenters. The van der Waals surface area contributed by atoms with Crippen LogP contribution in [0, 0.1) is 0 Å². The molecule has 6 nitrogen and oxygen atoms in total. The van der Waals surface area contributed by atoms with Crippen LogP contribution in [-0.2, 0) is 22.5 Å². The van der Waals surface area contributed by atoms with Gasteiger partial charge in [-0.25, -0.2) is 4.98 Å². The summed E-state index contributed by atoms with van der Waals surface area (Å²) in [7, 11) is 1.12. The second kappa shape index (κ2) is 5.74. The molecule has 1 aromatic rings. The third kappa shape index (κ3) is 4.28. The maximum atomic E-state index is 12.1. The monoisotopic (exact) mass is 280 g/mol. The Morgan fingerprint density at radius 3 is 2.63 bits per heavy atom. The Morgan fingerprint density at radius 1 is 1.53 bits per heavy atom. The van der Waals surface area contributed by atoms with Gasteiger partial charge in [-0.2, -0.15) is 0 Å². The lowest BCUT2D eigenvalue weighted by Crippen LogP contribution is -2.19. The highest BCUT2D eigenvalue weighted by Gasteiger charge is 2.34. The number of pyridine rings is 1. The molecule has 0 aliphatic rings. The van der Waals surface area contributed by atoms with Gasteiger partial charge in [-0.3, -0.25) is 4.79 Å². The fourth-order valence-electron chi connectivity index (χ4n) is 1.27. The highest BCUT2D eigenvalue weighted by molar-refractivity contribution is 5.72. The van der Waals surface area contributed by atoms with Gasteiger partial charge in [0.25, 0.3) is 5.88 Å². The van der Waals surface area contributed by atoms with Gasteiger partial charge in [0.2, 0.25) is 0 Å². The molecule has 0 bridgehead atoms. The lowest BCUT2D eigenvalue weighted by molar-refractivity contribution is -0.276. The second-order valence-electron chi connectivity index (χ2n) is 3.43. The van der Waals surface area contributed by atoms with E-state index in [1.54, 1.807) is 0 Å². The normalized spacial score (nSPS) is 11.2. The molecule has 1 heterocycles. The van der Waals surface area contributed by atoms with Gasteiger partial charge in [0, 0.05) is 12.1 Å². The van der Waals surface area contributed by atoms with Gasteiger partial charge in [0.05, 0.1) is 19.2 Å². The fourth-order valence-corrected chi connectivity index (χ4v) is 1.27. The Hall–Kier alpha value is -2.03. The molecular formula is C10H11F3N2O4. The zero-order chi connectivity index (χ0) is 14.6. The Balaban J connectivity index is 3.14. The topological polar surface area (TPSA) is 94.7 Å². The van der Waals surface area contributed by atoms with E-state index in [0.29, 0.717) is 0 Å². The van der Waals surface area contributed by atoms with Crippen molar-refractivity contribution < 1.29 is 32.5 Å². The molecule has 0 saturated carbocycles. The molecule has 3 N–H and O–H groups in total. The molecule has 0 atom stereocenters. The van der Waals surface area contributed by atoms with Crippen molar-refractivity contribution in [2.75, 3.05) is 7.11 Å². The number of aromatic hydroxyl groups is 1. The standard InChI is InChI=1S/C10H11F3N2O4/c1-18-7(16)3-6-2-5(4-14)8(17)9(15-6)19-10(11,12)13/h2,17H,3-4,14H2,1H3. The second-order valence-corrected chi connectivity index (χ2v) is 3.43. The van der Waals surface area contributed by atoms with Crippen LogP contribution in [0.2, 0.25) is 0 Å². The van der Waals surface area contributed by atoms with Crippen LogP contribution < -0.4 is 10.5 Å². The molecule has 0 fully saturated rings. The maximum Gasteiger partial charge on any atom is 0.574 e.